The Labute approximate surface area is 104 Å². The first kappa shape index (κ1) is 11.6. The van der Waals surface area contributed by atoms with Crippen molar-refractivity contribution in [3.05, 3.63) is 28.0 Å². The van der Waals surface area contributed by atoms with Gasteiger partial charge in [-0.3, -0.25) is 4.79 Å². The van der Waals surface area contributed by atoms with E-state index in [1.807, 2.05) is 13.0 Å². The maximum atomic E-state index is 11.9. The number of hydrogen-bond donors (Lipinski definition) is 1. The second-order valence-corrected chi connectivity index (χ2v) is 5.15. The van der Waals surface area contributed by atoms with E-state index in [4.69, 9.17) is 0 Å². The minimum Gasteiger partial charge on any atom is -0.348 e. The Balaban J connectivity index is 2.08. The van der Waals surface area contributed by atoms with Crippen molar-refractivity contribution in [3.8, 4) is 0 Å². The van der Waals surface area contributed by atoms with E-state index in [0.29, 0.717) is 11.7 Å². The smallest absolute Gasteiger partial charge is 0.271 e. The van der Waals surface area contributed by atoms with Crippen LogP contribution in [0.25, 0.3) is 0 Å². The van der Waals surface area contributed by atoms with E-state index in [-0.39, 0.29) is 5.91 Å². The Bertz CT molecular complexity index is 400. The Hall–Kier alpha value is -0.900. The van der Waals surface area contributed by atoms with Crippen molar-refractivity contribution >= 4 is 21.8 Å². The molecule has 1 aliphatic carbocycles. The standard InChI is InChI=1S/C12H15BrN2O/c1-8-6-10(13)11(14-7-8)12(16)15-9-4-2-3-5-9/h6-7,9H,2-5H2,1H3,(H,15,16). The van der Waals surface area contributed by atoms with E-state index in [9.17, 15) is 4.79 Å². The summed E-state index contributed by atoms with van der Waals surface area (Å²) in [6.07, 6.45) is 6.33. The molecule has 1 aliphatic rings. The normalized spacial score (nSPS) is 16.4. The summed E-state index contributed by atoms with van der Waals surface area (Å²) in [7, 11) is 0. The third-order valence-electron chi connectivity index (χ3n) is 2.88. The molecule has 1 amide bonds. The van der Waals surface area contributed by atoms with Gasteiger partial charge in [-0.2, -0.15) is 0 Å². The Morgan fingerprint density at radius 1 is 1.50 bits per heavy atom. The average Bonchev–Trinajstić information content (AvgIpc) is 2.70. The highest BCUT2D eigenvalue weighted by molar-refractivity contribution is 9.10. The zero-order chi connectivity index (χ0) is 11.5. The van der Waals surface area contributed by atoms with E-state index in [2.05, 4.69) is 26.2 Å². The Morgan fingerprint density at radius 2 is 2.19 bits per heavy atom. The van der Waals surface area contributed by atoms with Crippen LogP contribution in [0.1, 0.15) is 41.7 Å². The minimum absolute atomic E-state index is 0.0706. The maximum absolute atomic E-state index is 11.9. The first-order chi connectivity index (χ1) is 7.66. The van der Waals surface area contributed by atoms with Gasteiger partial charge in [-0.1, -0.05) is 12.8 Å². The number of pyridine rings is 1. The molecular weight excluding hydrogens is 268 g/mol. The van der Waals surface area contributed by atoms with Gasteiger partial charge in [0.15, 0.2) is 0 Å². The molecule has 1 aromatic heterocycles. The summed E-state index contributed by atoms with van der Waals surface area (Å²) in [5.41, 5.74) is 1.53. The quantitative estimate of drug-likeness (QED) is 0.906. The van der Waals surface area contributed by atoms with E-state index < -0.39 is 0 Å². The van der Waals surface area contributed by atoms with E-state index >= 15 is 0 Å². The van der Waals surface area contributed by atoms with Crippen molar-refractivity contribution < 1.29 is 4.79 Å². The molecule has 0 bridgehead atoms. The van der Waals surface area contributed by atoms with Crippen LogP contribution >= 0.6 is 15.9 Å². The number of aryl methyl sites for hydroxylation is 1. The molecule has 0 unspecified atom stereocenters. The van der Waals surface area contributed by atoms with Gasteiger partial charge in [-0.05, 0) is 47.3 Å². The molecule has 0 spiro atoms. The zero-order valence-corrected chi connectivity index (χ0v) is 10.9. The fourth-order valence-electron chi connectivity index (χ4n) is 2.02. The van der Waals surface area contributed by atoms with Crippen molar-refractivity contribution in [2.24, 2.45) is 0 Å². The van der Waals surface area contributed by atoms with Gasteiger partial charge in [0.1, 0.15) is 5.69 Å². The lowest BCUT2D eigenvalue weighted by atomic mass is 10.2. The highest BCUT2D eigenvalue weighted by atomic mass is 79.9. The third kappa shape index (κ3) is 2.61. The number of halogens is 1. The molecule has 0 aromatic carbocycles. The fraction of sp³-hybridized carbons (Fsp3) is 0.500. The fourth-order valence-corrected chi connectivity index (χ4v) is 2.67. The molecule has 1 saturated carbocycles. The molecule has 3 nitrogen and oxygen atoms in total. The van der Waals surface area contributed by atoms with Gasteiger partial charge >= 0.3 is 0 Å². The predicted molar refractivity (Wildman–Crippen MR) is 66.4 cm³/mol. The van der Waals surface area contributed by atoms with Gasteiger partial charge in [0.25, 0.3) is 5.91 Å². The summed E-state index contributed by atoms with van der Waals surface area (Å²) in [5.74, 6) is -0.0706. The highest BCUT2D eigenvalue weighted by Crippen LogP contribution is 2.20. The van der Waals surface area contributed by atoms with Crippen molar-refractivity contribution in [1.29, 1.82) is 0 Å². The second kappa shape index (κ2) is 4.95. The average molecular weight is 283 g/mol. The number of amides is 1. The topological polar surface area (TPSA) is 42.0 Å². The van der Waals surface area contributed by atoms with Crippen LogP contribution < -0.4 is 5.32 Å². The number of rotatable bonds is 2. The van der Waals surface area contributed by atoms with Crippen molar-refractivity contribution in [2.45, 2.75) is 38.6 Å². The monoisotopic (exact) mass is 282 g/mol. The molecule has 1 N–H and O–H groups in total. The Morgan fingerprint density at radius 3 is 2.81 bits per heavy atom. The van der Waals surface area contributed by atoms with E-state index in [0.717, 1.165) is 22.9 Å². The highest BCUT2D eigenvalue weighted by Gasteiger charge is 2.19. The summed E-state index contributed by atoms with van der Waals surface area (Å²) in [6.45, 7) is 1.95. The molecule has 0 atom stereocenters. The number of hydrogen-bond acceptors (Lipinski definition) is 2. The number of carbonyl (C=O) groups is 1. The van der Waals surface area contributed by atoms with Crippen LogP contribution in [0, 0.1) is 6.92 Å². The van der Waals surface area contributed by atoms with Crippen LogP contribution in [-0.2, 0) is 0 Å². The molecule has 4 heteroatoms. The Kier molecular flexibility index (Phi) is 3.59. The van der Waals surface area contributed by atoms with Gasteiger partial charge in [0.2, 0.25) is 0 Å². The van der Waals surface area contributed by atoms with Gasteiger partial charge in [0, 0.05) is 16.7 Å². The molecule has 1 fully saturated rings. The third-order valence-corrected chi connectivity index (χ3v) is 3.49. The lowest BCUT2D eigenvalue weighted by Gasteiger charge is -2.12. The lowest BCUT2D eigenvalue weighted by Crippen LogP contribution is -2.33. The molecule has 0 saturated heterocycles. The van der Waals surface area contributed by atoms with Gasteiger partial charge < -0.3 is 5.32 Å². The van der Waals surface area contributed by atoms with Crippen LogP contribution in [0.3, 0.4) is 0 Å². The van der Waals surface area contributed by atoms with Crippen LogP contribution in [-0.4, -0.2) is 16.9 Å². The summed E-state index contributed by atoms with van der Waals surface area (Å²) in [4.78, 5) is 16.1. The van der Waals surface area contributed by atoms with Crippen LogP contribution in [0.4, 0.5) is 0 Å². The van der Waals surface area contributed by atoms with E-state index in [1.165, 1.54) is 12.8 Å². The molecule has 1 aromatic rings. The number of nitrogens with zero attached hydrogens (tertiary/aromatic N) is 1. The lowest BCUT2D eigenvalue weighted by molar-refractivity contribution is 0.0932. The first-order valence-corrected chi connectivity index (χ1v) is 6.39. The SMILES string of the molecule is Cc1cnc(C(=O)NC2CCCC2)c(Br)c1. The summed E-state index contributed by atoms with van der Waals surface area (Å²) in [6, 6.07) is 2.25. The zero-order valence-electron chi connectivity index (χ0n) is 9.29. The molecule has 16 heavy (non-hydrogen) atoms. The van der Waals surface area contributed by atoms with Gasteiger partial charge in [-0.25, -0.2) is 4.98 Å². The van der Waals surface area contributed by atoms with E-state index in [1.54, 1.807) is 6.20 Å². The van der Waals surface area contributed by atoms with Crippen molar-refractivity contribution in [1.82, 2.24) is 10.3 Å². The molecule has 2 rings (SSSR count). The summed E-state index contributed by atoms with van der Waals surface area (Å²) >= 11 is 3.37. The minimum atomic E-state index is -0.0706. The van der Waals surface area contributed by atoms with Crippen molar-refractivity contribution in [2.75, 3.05) is 0 Å². The van der Waals surface area contributed by atoms with Gasteiger partial charge in [-0.15, -0.1) is 0 Å². The first-order valence-electron chi connectivity index (χ1n) is 5.60. The number of nitrogens with one attached hydrogen (secondary N) is 1. The largest absolute Gasteiger partial charge is 0.348 e. The van der Waals surface area contributed by atoms with Crippen molar-refractivity contribution in [3.63, 3.8) is 0 Å². The molecule has 86 valence electrons. The molecule has 1 heterocycles. The summed E-state index contributed by atoms with van der Waals surface area (Å²) in [5, 5.41) is 3.02. The summed E-state index contributed by atoms with van der Waals surface area (Å²) < 4.78 is 0.767. The second-order valence-electron chi connectivity index (χ2n) is 4.30. The number of carbonyl (C=O) groups excluding carboxylic acids is 1. The number of aromatic nitrogens is 1. The predicted octanol–water partition coefficient (Wildman–Crippen LogP) is 2.82. The maximum Gasteiger partial charge on any atom is 0.271 e. The van der Waals surface area contributed by atoms with Crippen LogP contribution in [0.15, 0.2) is 16.7 Å². The molecule has 0 aliphatic heterocycles. The van der Waals surface area contributed by atoms with Gasteiger partial charge in [0.05, 0.1) is 0 Å². The molecular formula is C12H15BrN2O. The van der Waals surface area contributed by atoms with Crippen LogP contribution in [0.5, 0.6) is 0 Å². The molecule has 0 radical (unpaired) electrons. The van der Waals surface area contributed by atoms with Crippen LogP contribution in [0.2, 0.25) is 0 Å².